The summed E-state index contributed by atoms with van der Waals surface area (Å²) in [6, 6.07) is 6.64. The molecule has 5 rings (SSSR count). The molecule has 2 aliphatic rings. The molecule has 3 heterocycles. The Kier molecular flexibility index (Phi) is 7.54. The van der Waals surface area contributed by atoms with Crippen LogP contribution in [0, 0.1) is 5.92 Å². The molecule has 0 unspecified atom stereocenters. The van der Waals surface area contributed by atoms with E-state index in [1.165, 1.54) is 12.4 Å². The molecule has 3 aromatic rings. The fourth-order valence-electron chi connectivity index (χ4n) is 4.20. The first-order valence-electron chi connectivity index (χ1n) is 12.9. The Morgan fingerprint density at radius 1 is 1.16 bits per heavy atom. The number of ether oxygens (including phenoxy) is 3. The Hall–Kier alpha value is -3.99. The highest BCUT2D eigenvalue weighted by atomic mass is 16.5. The SMILES string of the molecule is CC(C)Oc1cc(Oc2cnc(N(CC3CC3)C(=O)[C@H]3CCCO3)cn2)cc(C(=O)Nc2ccn(C)n2)c1. The van der Waals surface area contributed by atoms with Crippen LogP contribution in [-0.2, 0) is 16.6 Å². The van der Waals surface area contributed by atoms with Crippen LogP contribution in [0.2, 0.25) is 0 Å². The van der Waals surface area contributed by atoms with Gasteiger partial charge in [0.2, 0.25) is 5.88 Å². The number of carbonyl (C=O) groups is 2. The van der Waals surface area contributed by atoms with Crippen LogP contribution in [0.3, 0.4) is 0 Å². The predicted octanol–water partition coefficient (Wildman–Crippen LogP) is 3.96. The molecular weight excluding hydrogens is 488 g/mol. The Morgan fingerprint density at radius 3 is 2.61 bits per heavy atom. The van der Waals surface area contributed by atoms with E-state index in [4.69, 9.17) is 14.2 Å². The van der Waals surface area contributed by atoms with Gasteiger partial charge in [0.25, 0.3) is 11.8 Å². The third kappa shape index (κ3) is 6.46. The number of aromatic nitrogens is 4. The van der Waals surface area contributed by atoms with Gasteiger partial charge in [0.1, 0.15) is 17.6 Å². The summed E-state index contributed by atoms with van der Waals surface area (Å²) in [7, 11) is 1.77. The summed E-state index contributed by atoms with van der Waals surface area (Å²) in [6.07, 6.45) is 8.04. The minimum absolute atomic E-state index is 0.0699. The molecule has 38 heavy (non-hydrogen) atoms. The maximum absolute atomic E-state index is 13.1. The number of amides is 2. The van der Waals surface area contributed by atoms with Gasteiger partial charge in [-0.25, -0.2) is 9.97 Å². The lowest BCUT2D eigenvalue weighted by atomic mass is 10.2. The molecule has 2 fully saturated rings. The normalized spacial score (nSPS) is 16.9. The zero-order valence-corrected chi connectivity index (χ0v) is 21.8. The second-order valence-electron chi connectivity index (χ2n) is 9.90. The number of carbonyl (C=O) groups excluding carboxylic acids is 2. The summed E-state index contributed by atoms with van der Waals surface area (Å²) >= 11 is 0. The summed E-state index contributed by atoms with van der Waals surface area (Å²) in [6.45, 7) is 5.01. The van der Waals surface area contributed by atoms with Gasteiger partial charge in [-0.3, -0.25) is 19.2 Å². The molecule has 2 aromatic heterocycles. The van der Waals surface area contributed by atoms with E-state index in [2.05, 4.69) is 20.4 Å². The van der Waals surface area contributed by atoms with E-state index in [1.807, 2.05) is 13.8 Å². The van der Waals surface area contributed by atoms with E-state index in [-0.39, 0.29) is 23.8 Å². The number of nitrogens with zero attached hydrogens (tertiary/aromatic N) is 5. The molecule has 1 atom stereocenters. The van der Waals surface area contributed by atoms with Crippen LogP contribution in [0.5, 0.6) is 17.4 Å². The quantitative estimate of drug-likeness (QED) is 0.426. The van der Waals surface area contributed by atoms with Gasteiger partial charge in [0.15, 0.2) is 11.6 Å². The molecule has 0 bridgehead atoms. The van der Waals surface area contributed by atoms with Crippen molar-refractivity contribution in [3.63, 3.8) is 0 Å². The van der Waals surface area contributed by atoms with Gasteiger partial charge in [-0.1, -0.05) is 0 Å². The summed E-state index contributed by atoms with van der Waals surface area (Å²) in [5.41, 5.74) is 0.339. The summed E-state index contributed by atoms with van der Waals surface area (Å²) in [4.78, 5) is 36.5. The monoisotopic (exact) mass is 520 g/mol. The molecule has 1 aromatic carbocycles. The second-order valence-corrected chi connectivity index (χ2v) is 9.90. The first-order chi connectivity index (χ1) is 18.3. The maximum atomic E-state index is 13.1. The van der Waals surface area contributed by atoms with Crippen molar-refractivity contribution in [2.75, 3.05) is 23.4 Å². The number of aryl methyl sites for hydroxylation is 1. The first kappa shape index (κ1) is 25.7. The maximum Gasteiger partial charge on any atom is 0.257 e. The number of hydrogen-bond donors (Lipinski definition) is 1. The lowest BCUT2D eigenvalue weighted by Crippen LogP contribution is -2.40. The van der Waals surface area contributed by atoms with Gasteiger partial charge in [0.05, 0.1) is 18.5 Å². The topological polar surface area (TPSA) is 121 Å². The zero-order chi connectivity index (χ0) is 26.6. The van der Waals surface area contributed by atoms with Gasteiger partial charge >= 0.3 is 0 Å². The van der Waals surface area contributed by atoms with Crippen molar-refractivity contribution < 1.29 is 23.8 Å². The molecule has 1 saturated heterocycles. The van der Waals surface area contributed by atoms with E-state index in [9.17, 15) is 9.59 Å². The third-order valence-electron chi connectivity index (χ3n) is 6.19. The third-order valence-corrected chi connectivity index (χ3v) is 6.19. The number of anilines is 2. The van der Waals surface area contributed by atoms with E-state index < -0.39 is 6.10 Å². The van der Waals surface area contributed by atoms with Crippen LogP contribution in [0.15, 0.2) is 42.9 Å². The molecule has 1 saturated carbocycles. The Balaban J connectivity index is 1.33. The highest BCUT2D eigenvalue weighted by Gasteiger charge is 2.34. The molecular formula is C27H32N6O5. The van der Waals surface area contributed by atoms with E-state index in [0.717, 1.165) is 25.7 Å². The van der Waals surface area contributed by atoms with Gasteiger partial charge < -0.3 is 19.5 Å². The zero-order valence-electron chi connectivity index (χ0n) is 21.8. The second kappa shape index (κ2) is 11.2. The molecule has 1 aliphatic heterocycles. The number of benzene rings is 1. The molecule has 200 valence electrons. The largest absolute Gasteiger partial charge is 0.491 e. The molecule has 1 aliphatic carbocycles. The van der Waals surface area contributed by atoms with Crippen molar-refractivity contribution in [3.05, 3.63) is 48.4 Å². The highest BCUT2D eigenvalue weighted by Crippen LogP contribution is 2.33. The number of nitrogens with one attached hydrogen (secondary N) is 1. The molecule has 1 N–H and O–H groups in total. The van der Waals surface area contributed by atoms with Gasteiger partial charge in [-0.2, -0.15) is 5.10 Å². The summed E-state index contributed by atoms with van der Waals surface area (Å²) in [5, 5.41) is 6.95. The van der Waals surface area contributed by atoms with E-state index in [0.29, 0.717) is 47.8 Å². The standard InChI is InChI=1S/C27H32N6O5/c1-17(2)37-20-11-19(26(34)30-23-8-9-32(3)31-23)12-21(13-20)38-25-15-28-24(14-29-25)33(16-18-6-7-18)27(35)22-5-4-10-36-22/h8-9,11-15,17-18,22H,4-7,10,16H2,1-3H3,(H,30,31,34)/t22-/m1/s1. The van der Waals surface area contributed by atoms with Crippen LogP contribution < -0.4 is 19.7 Å². The van der Waals surface area contributed by atoms with E-state index >= 15 is 0 Å². The van der Waals surface area contributed by atoms with Crippen molar-refractivity contribution in [2.24, 2.45) is 13.0 Å². The Morgan fingerprint density at radius 2 is 1.97 bits per heavy atom. The van der Waals surface area contributed by atoms with Crippen molar-refractivity contribution in [3.8, 4) is 17.4 Å². The smallest absolute Gasteiger partial charge is 0.257 e. The lowest BCUT2D eigenvalue weighted by Gasteiger charge is -2.24. The Bertz CT molecular complexity index is 1280. The van der Waals surface area contributed by atoms with Crippen LogP contribution in [0.1, 0.15) is 49.9 Å². The minimum atomic E-state index is -0.425. The molecule has 0 radical (unpaired) electrons. The molecule has 11 nitrogen and oxygen atoms in total. The first-order valence-corrected chi connectivity index (χ1v) is 12.9. The van der Waals surface area contributed by atoms with Gasteiger partial charge in [-0.05, 0) is 57.6 Å². The highest BCUT2D eigenvalue weighted by molar-refractivity contribution is 6.04. The van der Waals surface area contributed by atoms with Crippen molar-refractivity contribution in [2.45, 2.75) is 51.7 Å². The van der Waals surface area contributed by atoms with Gasteiger partial charge in [-0.15, -0.1) is 0 Å². The summed E-state index contributed by atoms with van der Waals surface area (Å²) in [5.74, 6) is 2.03. The fourth-order valence-corrected chi connectivity index (χ4v) is 4.20. The predicted molar refractivity (Wildman–Crippen MR) is 140 cm³/mol. The number of hydrogen-bond acceptors (Lipinski definition) is 8. The van der Waals surface area contributed by atoms with Crippen LogP contribution >= 0.6 is 0 Å². The fraction of sp³-hybridized carbons (Fsp3) is 0.444. The summed E-state index contributed by atoms with van der Waals surface area (Å²) < 4.78 is 19.0. The van der Waals surface area contributed by atoms with Crippen LogP contribution in [0.25, 0.3) is 0 Å². The van der Waals surface area contributed by atoms with Gasteiger partial charge in [0, 0.05) is 44.1 Å². The Labute approximate surface area is 221 Å². The van der Waals surface area contributed by atoms with Crippen molar-refractivity contribution in [1.29, 1.82) is 0 Å². The van der Waals surface area contributed by atoms with Crippen LogP contribution in [-0.4, -0.2) is 56.9 Å². The average molecular weight is 521 g/mol. The molecule has 2 amide bonds. The van der Waals surface area contributed by atoms with Crippen molar-refractivity contribution in [1.82, 2.24) is 19.7 Å². The molecule has 0 spiro atoms. The lowest BCUT2D eigenvalue weighted by molar-refractivity contribution is -0.127. The van der Waals surface area contributed by atoms with E-state index in [1.54, 1.807) is 47.1 Å². The average Bonchev–Trinajstić information content (AvgIpc) is 3.35. The van der Waals surface area contributed by atoms with Crippen LogP contribution in [0.4, 0.5) is 11.6 Å². The van der Waals surface area contributed by atoms with Crippen molar-refractivity contribution >= 4 is 23.5 Å². The number of rotatable bonds is 10. The minimum Gasteiger partial charge on any atom is -0.491 e. The molecule has 11 heteroatoms.